The van der Waals surface area contributed by atoms with Crippen molar-refractivity contribution in [1.82, 2.24) is 14.8 Å². The number of aromatic nitrogens is 1. The summed E-state index contributed by atoms with van der Waals surface area (Å²) < 4.78 is 2.30. The lowest BCUT2D eigenvalue weighted by molar-refractivity contribution is 0.178. The molecule has 0 radical (unpaired) electrons. The van der Waals surface area contributed by atoms with Crippen LogP contribution in [-0.4, -0.2) is 21.5 Å². The molecule has 3 aromatic rings. The molecule has 0 saturated carbocycles. The van der Waals surface area contributed by atoms with Crippen molar-refractivity contribution in [2.24, 2.45) is 0 Å². The van der Waals surface area contributed by atoms with Gasteiger partial charge in [-0.05, 0) is 74.9 Å². The summed E-state index contributed by atoms with van der Waals surface area (Å²) in [6, 6.07) is 11.9. The maximum Gasteiger partial charge on any atom is 0.318 e. The molecule has 30 heavy (non-hydrogen) atoms. The van der Waals surface area contributed by atoms with Crippen LogP contribution in [0, 0.1) is 0 Å². The summed E-state index contributed by atoms with van der Waals surface area (Å²) in [4.78, 5) is 16.9. The number of carbonyl (C=O) groups is 1. The van der Waals surface area contributed by atoms with Gasteiger partial charge in [0.25, 0.3) is 0 Å². The van der Waals surface area contributed by atoms with Crippen LogP contribution >= 0.6 is 22.9 Å². The standard InChI is InChI=1S/C24H26ClN3OS/c1-15(2)26-24(29)28-14-19-18-9-3-4-11-21(18)30-23(19)27-12-6-10-20(27)22(28)16-7-5-8-17(25)13-16/h5-8,10,12-13,15,22H,3-4,9,11,14H2,1-2H3,(H,26,29)/t22-/m1/s1. The highest BCUT2D eigenvalue weighted by Gasteiger charge is 2.36. The highest BCUT2D eigenvalue weighted by molar-refractivity contribution is 7.15. The van der Waals surface area contributed by atoms with Crippen LogP contribution in [0.1, 0.15) is 60.0 Å². The van der Waals surface area contributed by atoms with E-state index in [1.165, 1.54) is 33.8 Å². The summed E-state index contributed by atoms with van der Waals surface area (Å²) in [5.74, 6) is 0. The number of rotatable bonds is 2. The van der Waals surface area contributed by atoms with E-state index in [0.29, 0.717) is 11.6 Å². The van der Waals surface area contributed by atoms with Gasteiger partial charge in [0.2, 0.25) is 0 Å². The highest BCUT2D eigenvalue weighted by atomic mass is 35.5. The van der Waals surface area contributed by atoms with Crippen molar-refractivity contribution in [3.63, 3.8) is 0 Å². The van der Waals surface area contributed by atoms with Crippen LogP contribution in [-0.2, 0) is 19.4 Å². The SMILES string of the molecule is CC(C)NC(=O)N1Cc2c(sc3c2CCCC3)-n2cccc2[C@H]1c1cccc(Cl)c1. The minimum Gasteiger partial charge on any atom is -0.336 e. The lowest BCUT2D eigenvalue weighted by Crippen LogP contribution is -2.44. The molecule has 2 aromatic heterocycles. The molecule has 0 saturated heterocycles. The Hall–Kier alpha value is -2.24. The van der Waals surface area contributed by atoms with E-state index in [9.17, 15) is 4.79 Å². The van der Waals surface area contributed by atoms with Crippen molar-refractivity contribution in [1.29, 1.82) is 0 Å². The van der Waals surface area contributed by atoms with Crippen molar-refractivity contribution >= 4 is 29.0 Å². The molecule has 2 aliphatic rings. The third-order valence-electron chi connectivity index (χ3n) is 6.02. The Kier molecular flexibility index (Phi) is 5.11. The number of aryl methyl sites for hydroxylation is 1. The van der Waals surface area contributed by atoms with Crippen molar-refractivity contribution in [3.05, 3.63) is 74.9 Å². The fraction of sp³-hybridized carbons (Fsp3) is 0.375. The van der Waals surface area contributed by atoms with Crippen molar-refractivity contribution in [2.75, 3.05) is 0 Å². The molecule has 5 rings (SSSR count). The smallest absolute Gasteiger partial charge is 0.318 e. The number of amides is 2. The Bertz CT molecular complexity index is 1100. The fourth-order valence-electron chi connectivity index (χ4n) is 4.74. The van der Waals surface area contributed by atoms with E-state index in [1.807, 2.05) is 48.3 Å². The number of nitrogens with one attached hydrogen (secondary N) is 1. The first-order valence-electron chi connectivity index (χ1n) is 10.7. The van der Waals surface area contributed by atoms with E-state index in [-0.39, 0.29) is 18.1 Å². The van der Waals surface area contributed by atoms with Gasteiger partial charge in [0.1, 0.15) is 5.00 Å². The molecule has 0 fully saturated rings. The molecule has 1 aromatic carbocycles. The van der Waals surface area contributed by atoms with E-state index in [2.05, 4.69) is 34.3 Å². The minimum absolute atomic E-state index is 0.0358. The van der Waals surface area contributed by atoms with E-state index < -0.39 is 0 Å². The Morgan fingerprint density at radius 1 is 1.17 bits per heavy atom. The number of fused-ring (bicyclic) bond motifs is 5. The number of hydrogen-bond donors (Lipinski definition) is 1. The zero-order valence-corrected chi connectivity index (χ0v) is 18.9. The van der Waals surface area contributed by atoms with Crippen LogP contribution in [0.25, 0.3) is 5.00 Å². The van der Waals surface area contributed by atoms with Crippen LogP contribution in [0.4, 0.5) is 4.79 Å². The maximum absolute atomic E-state index is 13.4. The molecular formula is C24H26ClN3OS. The summed E-state index contributed by atoms with van der Waals surface area (Å²) in [6.07, 6.45) is 6.88. The Morgan fingerprint density at radius 3 is 2.80 bits per heavy atom. The zero-order valence-electron chi connectivity index (χ0n) is 17.3. The van der Waals surface area contributed by atoms with Crippen LogP contribution in [0.2, 0.25) is 5.02 Å². The molecule has 156 valence electrons. The highest BCUT2D eigenvalue weighted by Crippen LogP contribution is 2.44. The number of urea groups is 1. The molecule has 4 nitrogen and oxygen atoms in total. The lowest BCUT2D eigenvalue weighted by atomic mass is 9.95. The average Bonchev–Trinajstić information content (AvgIpc) is 3.29. The number of thiophene rings is 1. The van der Waals surface area contributed by atoms with Crippen LogP contribution < -0.4 is 5.32 Å². The molecule has 2 amide bonds. The summed E-state index contributed by atoms with van der Waals surface area (Å²) in [5.41, 5.74) is 4.92. The second-order valence-corrected chi connectivity index (χ2v) is 10.0. The zero-order chi connectivity index (χ0) is 20.8. The first-order chi connectivity index (χ1) is 14.5. The molecule has 3 heterocycles. The average molecular weight is 440 g/mol. The number of halogens is 1. The van der Waals surface area contributed by atoms with Crippen LogP contribution in [0.5, 0.6) is 0 Å². The largest absolute Gasteiger partial charge is 0.336 e. The third-order valence-corrected chi connectivity index (χ3v) is 7.58. The molecule has 1 aliphatic carbocycles. The number of hydrogen-bond acceptors (Lipinski definition) is 2. The van der Waals surface area contributed by atoms with Gasteiger partial charge in [0, 0.05) is 27.7 Å². The summed E-state index contributed by atoms with van der Waals surface area (Å²) in [7, 11) is 0. The second-order valence-electron chi connectivity index (χ2n) is 8.49. The first kappa shape index (κ1) is 19.7. The molecule has 0 spiro atoms. The van der Waals surface area contributed by atoms with Gasteiger partial charge in [-0.15, -0.1) is 11.3 Å². The van der Waals surface area contributed by atoms with Crippen LogP contribution in [0.15, 0.2) is 42.6 Å². The van der Waals surface area contributed by atoms with E-state index >= 15 is 0 Å². The number of nitrogens with zero attached hydrogens (tertiary/aromatic N) is 2. The summed E-state index contributed by atoms with van der Waals surface area (Å²) >= 11 is 8.26. The molecule has 0 unspecified atom stereocenters. The Morgan fingerprint density at radius 2 is 2.00 bits per heavy atom. The molecule has 6 heteroatoms. The van der Waals surface area contributed by atoms with E-state index in [4.69, 9.17) is 11.6 Å². The topological polar surface area (TPSA) is 37.3 Å². The molecule has 0 bridgehead atoms. The molecule has 1 aliphatic heterocycles. The number of carbonyl (C=O) groups excluding carboxylic acids is 1. The monoisotopic (exact) mass is 439 g/mol. The van der Waals surface area contributed by atoms with Gasteiger partial charge in [0.05, 0.1) is 18.3 Å². The normalized spacial score (nSPS) is 17.9. The van der Waals surface area contributed by atoms with Crippen molar-refractivity contribution in [3.8, 4) is 5.00 Å². The fourth-order valence-corrected chi connectivity index (χ4v) is 6.35. The maximum atomic E-state index is 13.4. The Labute approximate surface area is 186 Å². The van der Waals surface area contributed by atoms with Crippen molar-refractivity contribution in [2.45, 2.75) is 58.2 Å². The van der Waals surface area contributed by atoms with Gasteiger partial charge in [-0.25, -0.2) is 4.79 Å². The summed E-state index contributed by atoms with van der Waals surface area (Å²) in [6.45, 7) is 4.62. The second kappa shape index (κ2) is 7.78. The molecular weight excluding hydrogens is 414 g/mol. The quantitative estimate of drug-likeness (QED) is 0.515. The van der Waals surface area contributed by atoms with Crippen LogP contribution in [0.3, 0.4) is 0 Å². The molecule has 1 N–H and O–H groups in total. The van der Waals surface area contributed by atoms with Crippen molar-refractivity contribution < 1.29 is 4.79 Å². The number of benzene rings is 1. The third kappa shape index (κ3) is 3.34. The lowest BCUT2D eigenvalue weighted by Gasteiger charge is -2.32. The molecule has 1 atom stereocenters. The van der Waals surface area contributed by atoms with E-state index in [0.717, 1.165) is 24.1 Å². The van der Waals surface area contributed by atoms with Gasteiger partial charge in [0.15, 0.2) is 0 Å². The predicted molar refractivity (Wildman–Crippen MR) is 123 cm³/mol. The first-order valence-corrected chi connectivity index (χ1v) is 11.9. The minimum atomic E-state index is -0.198. The van der Waals surface area contributed by atoms with Gasteiger partial charge >= 0.3 is 6.03 Å². The van der Waals surface area contributed by atoms with Gasteiger partial charge in [-0.1, -0.05) is 23.7 Å². The summed E-state index contributed by atoms with van der Waals surface area (Å²) in [5, 5.41) is 5.09. The van der Waals surface area contributed by atoms with Gasteiger partial charge in [-0.3, -0.25) is 0 Å². The predicted octanol–water partition coefficient (Wildman–Crippen LogP) is 6.09. The Balaban J connectivity index is 1.71. The van der Waals surface area contributed by atoms with Gasteiger partial charge < -0.3 is 14.8 Å². The van der Waals surface area contributed by atoms with E-state index in [1.54, 1.807) is 0 Å². The van der Waals surface area contributed by atoms with Gasteiger partial charge in [-0.2, -0.15) is 0 Å².